The van der Waals surface area contributed by atoms with Gasteiger partial charge in [0.05, 0.1) is 11.7 Å². The molecule has 0 spiro atoms. The number of fused-ring (bicyclic) bond motifs is 2. The molecule has 0 aromatic carbocycles. The Bertz CT molecular complexity index is 143. The minimum Gasteiger partial charge on any atom is -0.390 e. The Labute approximate surface area is 60.9 Å². The molecule has 3 fully saturated rings. The first-order valence-corrected chi connectivity index (χ1v) is 4.01. The zero-order valence-electron chi connectivity index (χ0n) is 6.25. The molecule has 2 heteroatoms. The van der Waals surface area contributed by atoms with Gasteiger partial charge in [-0.2, -0.15) is 0 Å². The summed E-state index contributed by atoms with van der Waals surface area (Å²) in [6.07, 6.45) is 2.60. The lowest BCUT2D eigenvalue weighted by atomic mass is 9.57. The molecule has 0 amide bonds. The zero-order chi connectivity index (χ0) is 7.35. The van der Waals surface area contributed by atoms with E-state index in [4.69, 9.17) is 0 Å². The van der Waals surface area contributed by atoms with Crippen LogP contribution < -0.4 is 0 Å². The van der Waals surface area contributed by atoms with Crippen LogP contribution in [0.25, 0.3) is 0 Å². The van der Waals surface area contributed by atoms with Crippen molar-refractivity contribution in [1.29, 1.82) is 0 Å². The van der Waals surface area contributed by atoms with E-state index < -0.39 is 11.7 Å². The van der Waals surface area contributed by atoms with Crippen molar-refractivity contribution in [3.63, 3.8) is 0 Å². The molecular formula is C8H14O2. The molecular weight excluding hydrogens is 128 g/mol. The van der Waals surface area contributed by atoms with Crippen molar-refractivity contribution in [2.75, 3.05) is 0 Å². The fraction of sp³-hybridized carbons (Fsp3) is 1.00. The van der Waals surface area contributed by atoms with Gasteiger partial charge >= 0.3 is 0 Å². The molecule has 0 radical (unpaired) electrons. The molecule has 0 aromatic heterocycles. The van der Waals surface area contributed by atoms with E-state index in [0.717, 1.165) is 19.3 Å². The minimum atomic E-state index is -0.783. The largest absolute Gasteiger partial charge is 0.390 e. The molecule has 3 aliphatic carbocycles. The van der Waals surface area contributed by atoms with Crippen molar-refractivity contribution in [2.24, 2.45) is 11.8 Å². The Hall–Kier alpha value is -0.0800. The normalized spacial score (nSPS) is 59.7. The quantitative estimate of drug-likeness (QED) is 0.518. The van der Waals surface area contributed by atoms with Gasteiger partial charge in [0.2, 0.25) is 0 Å². The lowest BCUT2D eigenvalue weighted by molar-refractivity contribution is -0.181. The summed E-state index contributed by atoms with van der Waals surface area (Å²) in [6.45, 7) is 1.76. The molecule has 2 atom stereocenters. The van der Waals surface area contributed by atoms with Gasteiger partial charge in [-0.15, -0.1) is 0 Å². The Morgan fingerprint density at radius 2 is 1.90 bits per heavy atom. The van der Waals surface area contributed by atoms with Gasteiger partial charge in [-0.1, -0.05) is 0 Å². The third-order valence-electron chi connectivity index (χ3n) is 3.29. The van der Waals surface area contributed by atoms with Crippen LogP contribution in [0.3, 0.4) is 0 Å². The van der Waals surface area contributed by atoms with Crippen LogP contribution in [0.4, 0.5) is 0 Å². The number of aliphatic hydroxyl groups is 2. The summed E-state index contributed by atoms with van der Waals surface area (Å²) in [5, 5.41) is 19.1. The number of rotatable bonds is 0. The van der Waals surface area contributed by atoms with Crippen LogP contribution in [-0.4, -0.2) is 21.9 Å². The van der Waals surface area contributed by atoms with Gasteiger partial charge in [0, 0.05) is 0 Å². The molecule has 3 saturated carbocycles. The first-order valence-electron chi connectivity index (χ1n) is 4.01. The molecule has 3 rings (SSSR count). The summed E-state index contributed by atoms with van der Waals surface area (Å²) in [6, 6.07) is 0. The van der Waals surface area contributed by atoms with Crippen LogP contribution in [0.2, 0.25) is 0 Å². The third kappa shape index (κ3) is 0.663. The van der Waals surface area contributed by atoms with Crippen LogP contribution in [0, 0.1) is 11.8 Å². The highest BCUT2D eigenvalue weighted by molar-refractivity contribution is 5.03. The maximum Gasteiger partial charge on any atom is 0.0905 e. The molecule has 0 aromatic rings. The van der Waals surface area contributed by atoms with E-state index in [1.165, 1.54) is 0 Å². The van der Waals surface area contributed by atoms with Gasteiger partial charge in [-0.05, 0) is 38.0 Å². The predicted octanol–water partition coefficient (Wildman–Crippen LogP) is 0.528. The summed E-state index contributed by atoms with van der Waals surface area (Å²) in [5.74, 6) is 1.08. The first-order chi connectivity index (χ1) is 4.60. The number of aliphatic hydroxyl groups excluding tert-OH is 1. The molecule has 3 aliphatic rings. The van der Waals surface area contributed by atoms with Crippen LogP contribution in [0.15, 0.2) is 0 Å². The fourth-order valence-corrected chi connectivity index (χ4v) is 2.23. The van der Waals surface area contributed by atoms with Crippen molar-refractivity contribution in [1.82, 2.24) is 0 Å². The van der Waals surface area contributed by atoms with Crippen molar-refractivity contribution >= 4 is 0 Å². The van der Waals surface area contributed by atoms with Gasteiger partial charge in [0.15, 0.2) is 0 Å². The van der Waals surface area contributed by atoms with Crippen molar-refractivity contribution in [3.05, 3.63) is 0 Å². The molecule has 0 heterocycles. The summed E-state index contributed by atoms with van der Waals surface area (Å²) in [4.78, 5) is 0. The van der Waals surface area contributed by atoms with Crippen molar-refractivity contribution < 1.29 is 10.2 Å². The van der Waals surface area contributed by atoms with E-state index in [-0.39, 0.29) is 0 Å². The maximum atomic E-state index is 9.70. The topological polar surface area (TPSA) is 40.5 Å². The predicted molar refractivity (Wildman–Crippen MR) is 37.5 cm³/mol. The molecule has 10 heavy (non-hydrogen) atoms. The van der Waals surface area contributed by atoms with Gasteiger partial charge in [-0.25, -0.2) is 0 Å². The van der Waals surface area contributed by atoms with E-state index in [0.29, 0.717) is 11.8 Å². The van der Waals surface area contributed by atoms with E-state index in [2.05, 4.69) is 0 Å². The Balaban J connectivity index is 2.16. The SMILES string of the molecule is C[C@]1(O)C2CC(C2)C[C@H]1O. The second-order valence-corrected chi connectivity index (χ2v) is 4.01. The second kappa shape index (κ2) is 1.74. The lowest BCUT2D eigenvalue weighted by Gasteiger charge is -2.53. The van der Waals surface area contributed by atoms with Crippen LogP contribution in [0.1, 0.15) is 26.2 Å². The van der Waals surface area contributed by atoms with Gasteiger partial charge in [0.25, 0.3) is 0 Å². The Morgan fingerprint density at radius 1 is 1.30 bits per heavy atom. The number of hydrogen-bond acceptors (Lipinski definition) is 2. The molecule has 2 nitrogen and oxygen atoms in total. The Kier molecular flexibility index (Phi) is 1.15. The van der Waals surface area contributed by atoms with Crippen LogP contribution >= 0.6 is 0 Å². The minimum absolute atomic E-state index is 0.376. The van der Waals surface area contributed by atoms with Crippen molar-refractivity contribution in [2.45, 2.75) is 37.9 Å². The van der Waals surface area contributed by atoms with E-state index in [1.807, 2.05) is 0 Å². The van der Waals surface area contributed by atoms with E-state index in [1.54, 1.807) is 6.92 Å². The summed E-state index contributed by atoms with van der Waals surface area (Å²) in [7, 11) is 0. The van der Waals surface area contributed by atoms with Crippen LogP contribution in [0.5, 0.6) is 0 Å². The highest BCUT2D eigenvalue weighted by atomic mass is 16.3. The lowest BCUT2D eigenvalue weighted by Crippen LogP contribution is -2.57. The molecule has 2 N–H and O–H groups in total. The summed E-state index contributed by atoms with van der Waals surface area (Å²) >= 11 is 0. The summed E-state index contributed by atoms with van der Waals surface area (Å²) < 4.78 is 0. The van der Waals surface area contributed by atoms with E-state index in [9.17, 15) is 10.2 Å². The highest BCUT2D eigenvalue weighted by Crippen LogP contribution is 2.50. The van der Waals surface area contributed by atoms with Crippen LogP contribution in [-0.2, 0) is 0 Å². The average Bonchev–Trinajstić information content (AvgIpc) is 1.72. The standard InChI is InChI=1S/C8H14O2/c1-8(10)6-2-5(3-6)4-7(8)9/h5-7,9-10H,2-4H2,1H3/t5?,6?,7-,8+/m1/s1. The second-order valence-electron chi connectivity index (χ2n) is 4.01. The highest BCUT2D eigenvalue weighted by Gasteiger charge is 2.51. The summed E-state index contributed by atoms with van der Waals surface area (Å²) in [5.41, 5.74) is -0.783. The molecule has 0 unspecified atom stereocenters. The number of hydrogen-bond donors (Lipinski definition) is 2. The van der Waals surface area contributed by atoms with Gasteiger partial charge < -0.3 is 10.2 Å². The maximum absolute atomic E-state index is 9.70. The zero-order valence-corrected chi connectivity index (χ0v) is 6.25. The molecule has 0 saturated heterocycles. The third-order valence-corrected chi connectivity index (χ3v) is 3.29. The van der Waals surface area contributed by atoms with E-state index >= 15 is 0 Å². The van der Waals surface area contributed by atoms with Gasteiger partial charge in [-0.3, -0.25) is 0 Å². The Morgan fingerprint density at radius 3 is 2.20 bits per heavy atom. The molecule has 58 valence electrons. The fourth-order valence-electron chi connectivity index (χ4n) is 2.23. The smallest absolute Gasteiger partial charge is 0.0905 e. The van der Waals surface area contributed by atoms with Gasteiger partial charge in [0.1, 0.15) is 0 Å². The first kappa shape index (κ1) is 6.62. The monoisotopic (exact) mass is 142 g/mol. The average molecular weight is 142 g/mol. The molecule has 2 bridgehead atoms. The van der Waals surface area contributed by atoms with Crippen molar-refractivity contribution in [3.8, 4) is 0 Å². The molecule has 0 aliphatic heterocycles.